The van der Waals surface area contributed by atoms with Crippen LogP contribution in [0.3, 0.4) is 0 Å². The van der Waals surface area contributed by atoms with Gasteiger partial charge in [-0.1, -0.05) is 6.07 Å². The highest BCUT2D eigenvalue weighted by molar-refractivity contribution is 5.95. The van der Waals surface area contributed by atoms with Gasteiger partial charge in [-0.2, -0.15) is 10.4 Å². The van der Waals surface area contributed by atoms with Crippen LogP contribution in [0.15, 0.2) is 24.4 Å². The number of anilines is 1. The molecule has 0 saturated carbocycles. The minimum atomic E-state index is -1.25. The molecule has 0 bridgehead atoms. The zero-order valence-corrected chi connectivity index (χ0v) is 10.5. The number of rotatable bonds is 3. The van der Waals surface area contributed by atoms with Crippen LogP contribution in [-0.4, -0.2) is 27.3 Å². The predicted molar refractivity (Wildman–Crippen MR) is 70.4 cm³/mol. The molecule has 0 aliphatic heterocycles. The number of nitriles is 1. The van der Waals surface area contributed by atoms with E-state index in [0.29, 0.717) is 28.7 Å². The number of nitrogens with one attached hydrogen (secondary N) is 1. The first-order chi connectivity index (χ1) is 9.56. The number of carbonyl (C=O) groups excluding carboxylic acids is 1. The van der Waals surface area contributed by atoms with E-state index < -0.39 is 6.09 Å². The van der Waals surface area contributed by atoms with Crippen molar-refractivity contribution in [2.75, 3.05) is 5.32 Å². The lowest BCUT2D eigenvalue weighted by Crippen LogP contribution is -2.09. The van der Waals surface area contributed by atoms with Crippen LogP contribution in [0.2, 0.25) is 0 Å². The van der Waals surface area contributed by atoms with Gasteiger partial charge in [0.15, 0.2) is 6.29 Å². The largest absolute Gasteiger partial charge is 0.465 e. The zero-order valence-electron chi connectivity index (χ0n) is 10.5. The molecule has 1 aromatic heterocycles. The fourth-order valence-electron chi connectivity index (χ4n) is 1.86. The molecule has 0 unspecified atom stereocenters. The Morgan fingerprint density at radius 2 is 2.25 bits per heavy atom. The van der Waals surface area contributed by atoms with E-state index in [1.54, 1.807) is 19.2 Å². The molecule has 100 valence electrons. The summed E-state index contributed by atoms with van der Waals surface area (Å²) < 4.78 is 1.39. The average molecular weight is 270 g/mol. The maximum atomic E-state index is 11.1. The van der Waals surface area contributed by atoms with Crippen molar-refractivity contribution in [2.24, 2.45) is 7.05 Å². The minimum Gasteiger partial charge on any atom is -0.465 e. The molecule has 2 N–H and O–H groups in total. The number of benzene rings is 1. The van der Waals surface area contributed by atoms with Gasteiger partial charge in [0.05, 0.1) is 23.5 Å². The molecule has 7 heteroatoms. The smallest absolute Gasteiger partial charge is 0.409 e. The van der Waals surface area contributed by atoms with Crippen LogP contribution in [0.1, 0.15) is 16.1 Å². The van der Waals surface area contributed by atoms with Crippen LogP contribution < -0.4 is 5.32 Å². The molecule has 0 aliphatic carbocycles. The molecule has 2 rings (SSSR count). The van der Waals surface area contributed by atoms with E-state index in [9.17, 15) is 9.59 Å². The Morgan fingerprint density at radius 3 is 2.85 bits per heavy atom. The highest BCUT2D eigenvalue weighted by Gasteiger charge is 2.15. The van der Waals surface area contributed by atoms with Crippen molar-refractivity contribution < 1.29 is 14.7 Å². The van der Waals surface area contributed by atoms with Gasteiger partial charge in [-0.3, -0.25) is 14.8 Å². The molecule has 20 heavy (non-hydrogen) atoms. The Bertz CT molecular complexity index is 728. The van der Waals surface area contributed by atoms with E-state index in [1.165, 1.54) is 16.9 Å². The second kappa shape index (κ2) is 5.24. The molecule has 0 aliphatic rings. The number of aryl methyl sites for hydroxylation is 1. The van der Waals surface area contributed by atoms with Crippen LogP contribution in [0.25, 0.3) is 11.1 Å². The molecule has 1 heterocycles. The molecule has 0 atom stereocenters. The molecule has 0 fully saturated rings. The average Bonchev–Trinajstić information content (AvgIpc) is 2.78. The molecule has 0 saturated heterocycles. The Kier molecular flexibility index (Phi) is 3.48. The Balaban J connectivity index is 2.63. The van der Waals surface area contributed by atoms with E-state index >= 15 is 0 Å². The van der Waals surface area contributed by atoms with Crippen LogP contribution in [-0.2, 0) is 7.05 Å². The molecule has 0 radical (unpaired) electrons. The molecule has 1 amide bonds. The summed E-state index contributed by atoms with van der Waals surface area (Å²) in [4.78, 5) is 21.9. The normalized spacial score (nSPS) is 9.80. The fourth-order valence-corrected chi connectivity index (χ4v) is 1.86. The summed E-state index contributed by atoms with van der Waals surface area (Å²) in [5.41, 5.74) is 1.85. The van der Waals surface area contributed by atoms with Crippen LogP contribution in [0, 0.1) is 11.3 Å². The van der Waals surface area contributed by atoms with E-state index in [1.807, 2.05) is 6.07 Å². The van der Waals surface area contributed by atoms with Crippen LogP contribution in [0.4, 0.5) is 10.5 Å². The highest BCUT2D eigenvalue weighted by Crippen LogP contribution is 2.30. The maximum Gasteiger partial charge on any atom is 0.409 e. The Labute approximate surface area is 114 Å². The third-order valence-corrected chi connectivity index (χ3v) is 2.78. The quantitative estimate of drug-likeness (QED) is 0.827. The van der Waals surface area contributed by atoms with Crippen molar-refractivity contribution in [3.63, 3.8) is 0 Å². The SMILES string of the molecule is Cn1ncc(-c2ccc(C#N)cc2NC(=O)O)c1C=O. The van der Waals surface area contributed by atoms with Crippen molar-refractivity contribution >= 4 is 18.1 Å². The van der Waals surface area contributed by atoms with E-state index in [0.717, 1.165) is 0 Å². The Morgan fingerprint density at radius 1 is 1.50 bits per heavy atom. The first-order valence-electron chi connectivity index (χ1n) is 5.58. The van der Waals surface area contributed by atoms with E-state index in [4.69, 9.17) is 10.4 Å². The number of carbonyl (C=O) groups is 2. The van der Waals surface area contributed by atoms with Crippen molar-refractivity contribution in [2.45, 2.75) is 0 Å². The number of aldehydes is 1. The third kappa shape index (κ3) is 2.35. The van der Waals surface area contributed by atoms with Gasteiger partial charge < -0.3 is 5.11 Å². The second-order valence-electron chi connectivity index (χ2n) is 3.99. The van der Waals surface area contributed by atoms with Gasteiger partial charge in [0.1, 0.15) is 5.69 Å². The van der Waals surface area contributed by atoms with Crippen molar-refractivity contribution in [1.82, 2.24) is 9.78 Å². The zero-order chi connectivity index (χ0) is 14.7. The molecular weight excluding hydrogens is 260 g/mol. The standard InChI is InChI=1S/C13H10N4O3/c1-17-12(7-18)10(6-15-17)9-3-2-8(5-14)4-11(9)16-13(19)20/h2-4,6-7,16H,1H3,(H,19,20). The van der Waals surface area contributed by atoms with Crippen molar-refractivity contribution in [1.29, 1.82) is 5.26 Å². The topological polar surface area (TPSA) is 108 Å². The fraction of sp³-hybridized carbons (Fsp3) is 0.0769. The van der Waals surface area contributed by atoms with Crippen molar-refractivity contribution in [3.8, 4) is 17.2 Å². The number of amides is 1. The summed E-state index contributed by atoms with van der Waals surface area (Å²) in [6.07, 6.45) is 0.862. The van der Waals surface area contributed by atoms with Gasteiger partial charge in [-0.15, -0.1) is 0 Å². The first-order valence-corrected chi connectivity index (χ1v) is 5.58. The molecule has 0 spiro atoms. The predicted octanol–water partition coefficient (Wildman–Crippen LogP) is 1.86. The monoisotopic (exact) mass is 270 g/mol. The summed E-state index contributed by atoms with van der Waals surface area (Å²) in [6.45, 7) is 0. The van der Waals surface area contributed by atoms with Gasteiger partial charge in [0.25, 0.3) is 0 Å². The van der Waals surface area contributed by atoms with Crippen LogP contribution >= 0.6 is 0 Å². The number of aromatic nitrogens is 2. The molecule has 1 aromatic carbocycles. The molecule has 2 aromatic rings. The van der Waals surface area contributed by atoms with E-state index in [-0.39, 0.29) is 5.69 Å². The van der Waals surface area contributed by atoms with Crippen molar-refractivity contribution in [3.05, 3.63) is 35.7 Å². The summed E-state index contributed by atoms with van der Waals surface area (Å²) in [6, 6.07) is 6.46. The summed E-state index contributed by atoms with van der Waals surface area (Å²) in [5, 5.41) is 23.9. The summed E-state index contributed by atoms with van der Waals surface area (Å²) >= 11 is 0. The highest BCUT2D eigenvalue weighted by atomic mass is 16.4. The third-order valence-electron chi connectivity index (χ3n) is 2.78. The lowest BCUT2D eigenvalue weighted by atomic mass is 10.0. The lowest BCUT2D eigenvalue weighted by molar-refractivity contribution is 0.111. The van der Waals surface area contributed by atoms with Gasteiger partial charge in [-0.05, 0) is 12.1 Å². The summed E-state index contributed by atoms with van der Waals surface area (Å²) in [5.74, 6) is 0. The van der Waals surface area contributed by atoms with E-state index in [2.05, 4.69) is 10.4 Å². The molecule has 7 nitrogen and oxygen atoms in total. The number of hydrogen-bond acceptors (Lipinski definition) is 4. The number of hydrogen-bond donors (Lipinski definition) is 2. The maximum absolute atomic E-state index is 11.1. The van der Waals surface area contributed by atoms with Gasteiger partial charge in [-0.25, -0.2) is 4.79 Å². The van der Waals surface area contributed by atoms with Crippen LogP contribution in [0.5, 0.6) is 0 Å². The Hall–Kier alpha value is -3.14. The lowest BCUT2D eigenvalue weighted by Gasteiger charge is -2.09. The van der Waals surface area contributed by atoms with Gasteiger partial charge >= 0.3 is 6.09 Å². The number of carboxylic acid groups (broad SMARTS) is 1. The second-order valence-corrected chi connectivity index (χ2v) is 3.99. The van der Waals surface area contributed by atoms with Gasteiger partial charge in [0, 0.05) is 18.2 Å². The molecular formula is C13H10N4O3. The van der Waals surface area contributed by atoms with Gasteiger partial charge in [0.2, 0.25) is 0 Å². The number of nitrogens with zero attached hydrogens (tertiary/aromatic N) is 3. The summed E-state index contributed by atoms with van der Waals surface area (Å²) in [7, 11) is 1.61. The minimum absolute atomic E-state index is 0.229. The first kappa shape index (κ1) is 13.3.